The number of nitrogens with zero attached hydrogens (tertiary/aromatic N) is 3. The quantitative estimate of drug-likeness (QED) is 0.123. The van der Waals surface area contributed by atoms with Gasteiger partial charge in [-0.15, -0.1) is 5.10 Å². The van der Waals surface area contributed by atoms with Crippen molar-refractivity contribution in [1.82, 2.24) is 19.7 Å². The first-order chi connectivity index (χ1) is 21.3. The Kier molecular flexibility index (Phi) is 11.4. The number of nitrogen functional groups attached to an aromatic ring is 1. The third-order valence-corrected chi connectivity index (χ3v) is 6.19. The van der Waals surface area contributed by atoms with Crippen molar-refractivity contribution < 1.29 is 28.6 Å². The SMILES string of the molecule is CC(=O)O.CCOc1cc(C(Nc2ccc(C(=N)N)cc2)c2nn(-c3ccccc3F)c(=O)[nH]2)ccc1OC(C)C(=O)N(C)C. The Bertz CT molecular complexity index is 1700. The van der Waals surface area contributed by atoms with E-state index in [-0.39, 0.29) is 23.3 Å². The van der Waals surface area contributed by atoms with Crippen molar-refractivity contribution >= 4 is 23.4 Å². The minimum absolute atomic E-state index is 0.00265. The van der Waals surface area contributed by atoms with Crippen molar-refractivity contribution in [1.29, 1.82) is 5.41 Å². The number of nitrogens with one attached hydrogen (secondary N) is 3. The number of carbonyl (C=O) groups is 2. The summed E-state index contributed by atoms with van der Waals surface area (Å²) in [6.07, 6.45) is -0.753. The Morgan fingerprint density at radius 2 is 1.78 bits per heavy atom. The molecule has 13 nitrogen and oxygen atoms in total. The summed E-state index contributed by atoms with van der Waals surface area (Å²) >= 11 is 0. The molecule has 0 aliphatic rings. The Morgan fingerprint density at radius 3 is 2.36 bits per heavy atom. The second-order valence-corrected chi connectivity index (χ2v) is 9.90. The standard InChI is InChI=1S/C29H32FN7O4.C2H4O2/c1-5-40-24-16-19(12-15-23(24)41-17(2)28(38)36(3)4)25(33-20-13-10-18(11-14-20)26(31)32)27-34-29(39)37(35-27)22-9-7-6-8-21(22)30;1-2(3)4/h6-17,25,33H,5H2,1-4H3,(H3,31,32)(H,34,35,39);1H3,(H,3,4). The van der Waals surface area contributed by atoms with Gasteiger partial charge in [0.1, 0.15) is 23.4 Å². The van der Waals surface area contributed by atoms with E-state index in [4.69, 9.17) is 30.5 Å². The van der Waals surface area contributed by atoms with E-state index < -0.39 is 29.6 Å². The number of amides is 1. The first kappa shape index (κ1) is 33.8. The molecular formula is C31H36FN7O6. The highest BCUT2D eigenvalue weighted by Gasteiger charge is 2.24. The molecule has 1 heterocycles. The molecule has 2 unspecified atom stereocenters. The van der Waals surface area contributed by atoms with E-state index in [1.54, 1.807) is 69.6 Å². The van der Waals surface area contributed by atoms with Crippen LogP contribution in [0.5, 0.6) is 11.5 Å². The number of hydrogen-bond donors (Lipinski definition) is 5. The summed E-state index contributed by atoms with van der Waals surface area (Å²) in [6.45, 7) is 4.89. The molecule has 4 aromatic rings. The van der Waals surface area contributed by atoms with Gasteiger partial charge >= 0.3 is 5.69 Å². The molecule has 2 atom stereocenters. The lowest BCUT2D eigenvalue weighted by atomic mass is 10.0. The molecule has 0 fully saturated rings. The molecule has 6 N–H and O–H groups in total. The van der Waals surface area contributed by atoms with Crippen LogP contribution in [-0.4, -0.2) is 69.3 Å². The number of aromatic nitrogens is 3. The molecule has 0 saturated heterocycles. The zero-order valence-corrected chi connectivity index (χ0v) is 25.5. The van der Waals surface area contributed by atoms with E-state index in [0.717, 1.165) is 11.6 Å². The number of likely N-dealkylation sites (N-methyl/N-ethyl adjacent to an activating group) is 1. The number of anilines is 1. The summed E-state index contributed by atoms with van der Waals surface area (Å²) < 4.78 is 27.3. The highest BCUT2D eigenvalue weighted by molar-refractivity contribution is 5.95. The van der Waals surface area contributed by atoms with Gasteiger partial charge in [0.15, 0.2) is 23.4 Å². The number of aliphatic carboxylic acids is 1. The lowest BCUT2D eigenvalue weighted by Gasteiger charge is -2.22. The van der Waals surface area contributed by atoms with Crippen LogP contribution in [-0.2, 0) is 9.59 Å². The maximum Gasteiger partial charge on any atom is 0.348 e. The molecule has 45 heavy (non-hydrogen) atoms. The van der Waals surface area contributed by atoms with Crippen LogP contribution < -0.4 is 26.2 Å². The fourth-order valence-electron chi connectivity index (χ4n) is 4.15. The largest absolute Gasteiger partial charge is 0.490 e. The summed E-state index contributed by atoms with van der Waals surface area (Å²) in [5, 5.41) is 22.8. The summed E-state index contributed by atoms with van der Waals surface area (Å²) in [7, 11) is 3.30. The molecule has 0 bridgehead atoms. The summed E-state index contributed by atoms with van der Waals surface area (Å²) in [4.78, 5) is 38.5. The van der Waals surface area contributed by atoms with Crippen molar-refractivity contribution in [2.75, 3.05) is 26.0 Å². The van der Waals surface area contributed by atoms with Crippen LogP contribution in [0.25, 0.3) is 5.69 Å². The van der Waals surface area contributed by atoms with E-state index in [2.05, 4.69) is 15.4 Å². The molecule has 0 spiro atoms. The number of carboxylic acids is 1. The number of ether oxygens (including phenoxy) is 2. The van der Waals surface area contributed by atoms with Gasteiger partial charge in [-0.3, -0.25) is 20.0 Å². The maximum atomic E-state index is 14.5. The highest BCUT2D eigenvalue weighted by atomic mass is 19.1. The normalized spacial score (nSPS) is 11.8. The second-order valence-electron chi connectivity index (χ2n) is 9.90. The third kappa shape index (κ3) is 8.92. The topological polar surface area (TPSA) is 189 Å². The van der Waals surface area contributed by atoms with Gasteiger partial charge in [-0.05, 0) is 67.9 Å². The van der Waals surface area contributed by atoms with Crippen molar-refractivity contribution in [2.45, 2.75) is 32.9 Å². The molecule has 238 valence electrons. The number of H-pyrrole nitrogens is 1. The van der Waals surface area contributed by atoms with Crippen molar-refractivity contribution in [3.05, 3.63) is 100.0 Å². The molecule has 0 aliphatic carbocycles. The maximum absolute atomic E-state index is 14.5. The predicted octanol–water partition coefficient (Wildman–Crippen LogP) is 3.53. The predicted molar refractivity (Wildman–Crippen MR) is 167 cm³/mol. The molecule has 3 aromatic carbocycles. The van der Waals surface area contributed by atoms with E-state index in [9.17, 15) is 14.0 Å². The lowest BCUT2D eigenvalue weighted by Crippen LogP contribution is -2.35. The van der Waals surface area contributed by atoms with Gasteiger partial charge in [0.25, 0.3) is 11.9 Å². The number of benzene rings is 3. The van der Waals surface area contributed by atoms with Crippen molar-refractivity contribution in [3.8, 4) is 17.2 Å². The Hall–Kier alpha value is -5.66. The number of rotatable bonds is 11. The van der Waals surface area contributed by atoms with Crippen LogP contribution in [0.15, 0.2) is 71.5 Å². The van der Waals surface area contributed by atoms with Gasteiger partial charge in [-0.1, -0.05) is 18.2 Å². The van der Waals surface area contributed by atoms with Crippen molar-refractivity contribution in [2.24, 2.45) is 5.73 Å². The number of halogens is 1. The van der Waals surface area contributed by atoms with E-state index in [1.165, 1.54) is 23.1 Å². The van der Waals surface area contributed by atoms with Gasteiger partial charge < -0.3 is 30.5 Å². The van der Waals surface area contributed by atoms with Gasteiger partial charge in [-0.2, -0.15) is 4.68 Å². The molecule has 0 radical (unpaired) electrons. The first-order valence-corrected chi connectivity index (χ1v) is 13.8. The van der Waals surface area contributed by atoms with E-state index >= 15 is 0 Å². The average molecular weight is 622 g/mol. The van der Waals surface area contributed by atoms with Crippen LogP contribution in [0.3, 0.4) is 0 Å². The van der Waals surface area contributed by atoms with Crippen LogP contribution in [0.2, 0.25) is 0 Å². The Balaban J connectivity index is 0.00000130. The summed E-state index contributed by atoms with van der Waals surface area (Å²) in [6, 6.07) is 17.1. The molecule has 14 heteroatoms. The molecule has 4 rings (SSSR count). The van der Waals surface area contributed by atoms with Gasteiger partial charge in [-0.25, -0.2) is 9.18 Å². The van der Waals surface area contributed by atoms with Crippen LogP contribution >= 0.6 is 0 Å². The molecule has 0 saturated carbocycles. The van der Waals surface area contributed by atoms with Crippen LogP contribution in [0, 0.1) is 11.2 Å². The smallest absolute Gasteiger partial charge is 0.348 e. The van der Waals surface area contributed by atoms with Crippen LogP contribution in [0.1, 0.15) is 43.8 Å². The number of carboxylic acid groups (broad SMARTS) is 1. The van der Waals surface area contributed by atoms with Gasteiger partial charge in [0.2, 0.25) is 0 Å². The molecule has 1 aromatic heterocycles. The number of aromatic amines is 1. The Morgan fingerprint density at radius 1 is 1.13 bits per heavy atom. The number of hydrogen-bond acceptors (Lipinski definition) is 8. The lowest BCUT2D eigenvalue weighted by molar-refractivity contribution is -0.135. The summed E-state index contributed by atoms with van der Waals surface area (Å²) in [5.74, 6) is -0.743. The number of amidine groups is 1. The first-order valence-electron chi connectivity index (χ1n) is 13.8. The number of carbonyl (C=O) groups excluding carboxylic acids is 1. The fraction of sp³-hybridized carbons (Fsp3) is 0.258. The summed E-state index contributed by atoms with van der Waals surface area (Å²) in [5.41, 5.74) is 6.80. The highest BCUT2D eigenvalue weighted by Crippen LogP contribution is 2.34. The second kappa shape index (κ2) is 15.2. The Labute approximate surface area is 258 Å². The van der Waals surface area contributed by atoms with Crippen LogP contribution in [0.4, 0.5) is 10.1 Å². The minimum Gasteiger partial charge on any atom is -0.490 e. The number of para-hydroxylation sites is 1. The van der Waals surface area contributed by atoms with Crippen molar-refractivity contribution in [3.63, 3.8) is 0 Å². The fourth-order valence-corrected chi connectivity index (χ4v) is 4.15. The van der Waals surface area contributed by atoms with E-state index in [1.807, 2.05) is 6.92 Å². The minimum atomic E-state index is -0.833. The zero-order valence-electron chi connectivity index (χ0n) is 25.5. The molecule has 0 aliphatic heterocycles. The zero-order chi connectivity index (χ0) is 33.3. The number of nitrogens with two attached hydrogens (primary N) is 1. The molecular weight excluding hydrogens is 585 g/mol. The monoisotopic (exact) mass is 621 g/mol. The third-order valence-electron chi connectivity index (χ3n) is 6.19. The van der Waals surface area contributed by atoms with Gasteiger partial charge in [0.05, 0.1) is 6.61 Å². The van der Waals surface area contributed by atoms with E-state index in [0.29, 0.717) is 34.9 Å². The van der Waals surface area contributed by atoms with Gasteiger partial charge in [0, 0.05) is 32.3 Å². The average Bonchev–Trinajstić information content (AvgIpc) is 3.37. The molecule has 1 amide bonds.